The Labute approximate surface area is 131 Å². The van der Waals surface area contributed by atoms with Crippen molar-refractivity contribution in [3.63, 3.8) is 0 Å². The SMILES string of the molecule is N#Cc1ccc(OCC(=O)NCc2cccc(Br)c2)cc1. The number of ether oxygens (including phenoxy) is 1. The van der Waals surface area contributed by atoms with Gasteiger partial charge in [-0.05, 0) is 42.0 Å². The number of nitrogens with zero attached hydrogens (tertiary/aromatic N) is 1. The van der Waals surface area contributed by atoms with E-state index in [4.69, 9.17) is 10.00 Å². The summed E-state index contributed by atoms with van der Waals surface area (Å²) in [4.78, 5) is 11.7. The zero-order chi connectivity index (χ0) is 15.1. The van der Waals surface area contributed by atoms with E-state index in [0.717, 1.165) is 10.0 Å². The quantitative estimate of drug-likeness (QED) is 0.906. The molecule has 0 aliphatic rings. The number of amides is 1. The van der Waals surface area contributed by atoms with E-state index in [1.54, 1.807) is 24.3 Å². The van der Waals surface area contributed by atoms with Gasteiger partial charge >= 0.3 is 0 Å². The van der Waals surface area contributed by atoms with Crippen molar-refractivity contribution in [3.8, 4) is 11.8 Å². The van der Waals surface area contributed by atoms with Crippen molar-refractivity contribution >= 4 is 21.8 Å². The van der Waals surface area contributed by atoms with E-state index < -0.39 is 0 Å². The molecule has 1 N–H and O–H groups in total. The Morgan fingerprint density at radius 1 is 1.24 bits per heavy atom. The van der Waals surface area contributed by atoms with Crippen molar-refractivity contribution < 1.29 is 9.53 Å². The van der Waals surface area contributed by atoms with Crippen molar-refractivity contribution in [3.05, 3.63) is 64.1 Å². The molecule has 21 heavy (non-hydrogen) atoms. The smallest absolute Gasteiger partial charge is 0.258 e. The first-order valence-corrected chi connectivity index (χ1v) is 7.11. The Kier molecular flexibility index (Phi) is 5.35. The van der Waals surface area contributed by atoms with Crippen molar-refractivity contribution in [2.24, 2.45) is 0 Å². The summed E-state index contributed by atoms with van der Waals surface area (Å²) < 4.78 is 6.32. The first-order chi connectivity index (χ1) is 10.2. The molecule has 0 spiro atoms. The molecule has 4 nitrogen and oxygen atoms in total. The highest BCUT2D eigenvalue weighted by atomic mass is 79.9. The van der Waals surface area contributed by atoms with Crippen LogP contribution in [0.3, 0.4) is 0 Å². The molecule has 0 fully saturated rings. The molecular weight excluding hydrogens is 332 g/mol. The average molecular weight is 345 g/mol. The lowest BCUT2D eigenvalue weighted by molar-refractivity contribution is -0.123. The summed E-state index contributed by atoms with van der Waals surface area (Å²) in [5, 5.41) is 11.5. The van der Waals surface area contributed by atoms with Crippen molar-refractivity contribution in [1.82, 2.24) is 5.32 Å². The van der Waals surface area contributed by atoms with E-state index in [2.05, 4.69) is 21.2 Å². The van der Waals surface area contributed by atoms with E-state index in [1.165, 1.54) is 0 Å². The van der Waals surface area contributed by atoms with Gasteiger partial charge in [-0.25, -0.2) is 0 Å². The van der Waals surface area contributed by atoms with Gasteiger partial charge in [-0.3, -0.25) is 4.79 Å². The number of hydrogen-bond acceptors (Lipinski definition) is 3. The zero-order valence-electron chi connectivity index (χ0n) is 11.2. The maximum atomic E-state index is 11.7. The van der Waals surface area contributed by atoms with Crippen LogP contribution in [-0.4, -0.2) is 12.5 Å². The molecule has 0 bridgehead atoms. The summed E-state index contributed by atoms with van der Waals surface area (Å²) in [5.74, 6) is 0.367. The number of rotatable bonds is 5. The molecule has 0 aliphatic carbocycles. The molecule has 0 aromatic heterocycles. The molecule has 0 aliphatic heterocycles. The van der Waals surface area contributed by atoms with Crippen LogP contribution in [0.25, 0.3) is 0 Å². The third-order valence-electron chi connectivity index (χ3n) is 2.73. The minimum Gasteiger partial charge on any atom is -0.484 e. The van der Waals surface area contributed by atoms with Crippen molar-refractivity contribution in [1.29, 1.82) is 5.26 Å². The van der Waals surface area contributed by atoms with Crippen LogP contribution in [0, 0.1) is 11.3 Å². The standard InChI is InChI=1S/C16H13BrN2O2/c17-14-3-1-2-13(8-14)10-19-16(20)11-21-15-6-4-12(9-18)5-7-15/h1-8H,10-11H2,(H,19,20). The van der Waals surface area contributed by atoms with Gasteiger partial charge in [0.15, 0.2) is 6.61 Å². The maximum Gasteiger partial charge on any atom is 0.258 e. The van der Waals surface area contributed by atoms with Crippen LogP contribution in [0.15, 0.2) is 53.0 Å². The van der Waals surface area contributed by atoms with E-state index in [-0.39, 0.29) is 12.5 Å². The van der Waals surface area contributed by atoms with Crippen molar-refractivity contribution in [2.45, 2.75) is 6.54 Å². The fourth-order valence-electron chi connectivity index (χ4n) is 1.67. The van der Waals surface area contributed by atoms with Gasteiger partial charge in [-0.1, -0.05) is 28.1 Å². The molecule has 5 heteroatoms. The summed E-state index contributed by atoms with van der Waals surface area (Å²) in [6.45, 7) is 0.398. The van der Waals surface area contributed by atoms with Gasteiger partial charge in [-0.15, -0.1) is 0 Å². The van der Waals surface area contributed by atoms with Crippen LogP contribution >= 0.6 is 15.9 Å². The second-order valence-electron chi connectivity index (χ2n) is 4.33. The Balaban J connectivity index is 1.78. The van der Waals surface area contributed by atoms with Gasteiger partial charge in [0.05, 0.1) is 11.6 Å². The van der Waals surface area contributed by atoms with Crippen LogP contribution in [0.5, 0.6) is 5.75 Å². The topological polar surface area (TPSA) is 62.1 Å². The van der Waals surface area contributed by atoms with Crippen molar-refractivity contribution in [2.75, 3.05) is 6.61 Å². The van der Waals surface area contributed by atoms with Crippen LogP contribution in [0.4, 0.5) is 0 Å². The molecule has 0 heterocycles. The molecule has 2 rings (SSSR count). The predicted molar refractivity (Wildman–Crippen MR) is 82.6 cm³/mol. The summed E-state index contributed by atoms with van der Waals surface area (Å²) in [6, 6.07) is 16.4. The summed E-state index contributed by atoms with van der Waals surface area (Å²) in [5.41, 5.74) is 1.57. The minimum atomic E-state index is -0.195. The summed E-state index contributed by atoms with van der Waals surface area (Å²) in [6.07, 6.45) is 0. The Morgan fingerprint density at radius 2 is 2.00 bits per heavy atom. The largest absolute Gasteiger partial charge is 0.484 e. The molecule has 0 saturated heterocycles. The molecule has 2 aromatic rings. The van der Waals surface area contributed by atoms with Crippen LogP contribution in [0.2, 0.25) is 0 Å². The number of carbonyl (C=O) groups is 1. The number of hydrogen-bond donors (Lipinski definition) is 1. The lowest BCUT2D eigenvalue weighted by Crippen LogP contribution is -2.28. The predicted octanol–water partition coefficient (Wildman–Crippen LogP) is 3.02. The average Bonchev–Trinajstić information content (AvgIpc) is 2.51. The van der Waals surface area contributed by atoms with Gasteiger partial charge in [0.2, 0.25) is 0 Å². The molecular formula is C16H13BrN2O2. The van der Waals surface area contributed by atoms with Gasteiger partial charge in [-0.2, -0.15) is 5.26 Å². The fraction of sp³-hybridized carbons (Fsp3) is 0.125. The maximum absolute atomic E-state index is 11.7. The molecule has 2 aromatic carbocycles. The highest BCUT2D eigenvalue weighted by Gasteiger charge is 2.03. The third-order valence-corrected chi connectivity index (χ3v) is 3.23. The van der Waals surface area contributed by atoms with Gasteiger partial charge in [0.25, 0.3) is 5.91 Å². The van der Waals surface area contributed by atoms with E-state index >= 15 is 0 Å². The lowest BCUT2D eigenvalue weighted by atomic mass is 10.2. The molecule has 1 amide bonds. The summed E-state index contributed by atoms with van der Waals surface area (Å²) in [7, 11) is 0. The van der Waals surface area contributed by atoms with Gasteiger partial charge in [0, 0.05) is 11.0 Å². The molecule has 0 atom stereocenters. The second-order valence-corrected chi connectivity index (χ2v) is 5.25. The first-order valence-electron chi connectivity index (χ1n) is 6.31. The third kappa shape index (κ3) is 4.93. The number of nitrogens with one attached hydrogen (secondary N) is 1. The van der Waals surface area contributed by atoms with Crippen LogP contribution < -0.4 is 10.1 Å². The van der Waals surface area contributed by atoms with Crippen LogP contribution in [0.1, 0.15) is 11.1 Å². The highest BCUT2D eigenvalue weighted by Crippen LogP contribution is 2.12. The number of halogens is 1. The second kappa shape index (κ2) is 7.46. The molecule has 0 unspecified atom stereocenters. The van der Waals surface area contributed by atoms with Crippen LogP contribution in [-0.2, 0) is 11.3 Å². The monoisotopic (exact) mass is 344 g/mol. The number of nitriles is 1. The van der Waals surface area contributed by atoms with Gasteiger partial charge in [0.1, 0.15) is 5.75 Å². The van der Waals surface area contributed by atoms with E-state index in [1.807, 2.05) is 30.3 Å². The minimum absolute atomic E-state index is 0.0557. The molecule has 0 saturated carbocycles. The number of benzene rings is 2. The Morgan fingerprint density at radius 3 is 2.67 bits per heavy atom. The van der Waals surface area contributed by atoms with E-state index in [9.17, 15) is 4.79 Å². The molecule has 106 valence electrons. The first kappa shape index (κ1) is 15.1. The molecule has 0 radical (unpaired) electrons. The Bertz CT molecular complexity index is 663. The van der Waals surface area contributed by atoms with Gasteiger partial charge < -0.3 is 10.1 Å². The normalized spacial score (nSPS) is 9.71. The number of carbonyl (C=O) groups excluding carboxylic acids is 1. The fourth-order valence-corrected chi connectivity index (χ4v) is 2.12. The highest BCUT2D eigenvalue weighted by molar-refractivity contribution is 9.10. The lowest BCUT2D eigenvalue weighted by Gasteiger charge is -2.08. The summed E-state index contributed by atoms with van der Waals surface area (Å²) >= 11 is 3.38. The van der Waals surface area contributed by atoms with E-state index in [0.29, 0.717) is 17.9 Å². The zero-order valence-corrected chi connectivity index (χ0v) is 12.8. The Hall–Kier alpha value is -2.32.